The average molecular weight is 344 g/mol. The fraction of sp³-hybridized carbons (Fsp3) is 0.533. The van der Waals surface area contributed by atoms with E-state index in [2.05, 4.69) is 0 Å². The molecule has 2 unspecified atom stereocenters. The van der Waals surface area contributed by atoms with Crippen molar-refractivity contribution in [2.75, 3.05) is 26.7 Å². The summed E-state index contributed by atoms with van der Waals surface area (Å²) < 4.78 is 44.3. The molecular weight excluding hydrogens is 323 g/mol. The summed E-state index contributed by atoms with van der Waals surface area (Å²) in [7, 11) is -2.49. The van der Waals surface area contributed by atoms with Crippen LogP contribution in [0.25, 0.3) is 0 Å². The Kier molecular flexibility index (Phi) is 5.38. The van der Waals surface area contributed by atoms with E-state index in [0.29, 0.717) is 13.1 Å². The Bertz CT molecular complexity index is 653. The second-order valence-electron chi connectivity index (χ2n) is 5.77. The van der Waals surface area contributed by atoms with Crippen molar-refractivity contribution in [3.63, 3.8) is 0 Å². The molecule has 0 radical (unpaired) electrons. The predicted molar refractivity (Wildman–Crippen MR) is 82.8 cm³/mol. The number of amides is 1. The lowest BCUT2D eigenvalue weighted by atomic mass is 10.2. The highest BCUT2D eigenvalue weighted by Crippen LogP contribution is 2.16. The highest BCUT2D eigenvalue weighted by molar-refractivity contribution is 7.89. The first-order valence-corrected chi connectivity index (χ1v) is 8.79. The van der Waals surface area contributed by atoms with Crippen LogP contribution in [-0.2, 0) is 19.6 Å². The van der Waals surface area contributed by atoms with E-state index in [-0.39, 0.29) is 29.6 Å². The van der Waals surface area contributed by atoms with Gasteiger partial charge in [0.05, 0.1) is 23.6 Å². The Labute approximate surface area is 135 Å². The molecule has 1 amide bonds. The molecule has 1 fully saturated rings. The standard InChI is InChI=1S/C15H21FN2O4S/c1-11-8-18(9-12(2)22-11)15(19)10-17(3)23(20,21)14-6-4-13(16)5-7-14/h4-7,11-12H,8-10H2,1-3H3. The Balaban J connectivity index is 2.06. The van der Waals surface area contributed by atoms with Crippen LogP contribution in [0.5, 0.6) is 0 Å². The van der Waals surface area contributed by atoms with Gasteiger partial charge in [-0.3, -0.25) is 4.79 Å². The third-order valence-corrected chi connectivity index (χ3v) is 5.47. The quantitative estimate of drug-likeness (QED) is 0.820. The zero-order valence-electron chi connectivity index (χ0n) is 13.4. The van der Waals surface area contributed by atoms with E-state index in [4.69, 9.17) is 4.74 Å². The fourth-order valence-corrected chi connectivity index (χ4v) is 3.66. The smallest absolute Gasteiger partial charge is 0.243 e. The van der Waals surface area contributed by atoms with Gasteiger partial charge in [-0.15, -0.1) is 0 Å². The van der Waals surface area contributed by atoms with Gasteiger partial charge in [-0.1, -0.05) is 0 Å². The number of carbonyl (C=O) groups is 1. The van der Waals surface area contributed by atoms with Gasteiger partial charge in [-0.25, -0.2) is 12.8 Å². The van der Waals surface area contributed by atoms with Crippen molar-refractivity contribution in [3.05, 3.63) is 30.1 Å². The summed E-state index contributed by atoms with van der Waals surface area (Å²) in [6.45, 7) is 4.35. The number of hydrogen-bond donors (Lipinski definition) is 0. The van der Waals surface area contributed by atoms with Gasteiger partial charge >= 0.3 is 0 Å². The van der Waals surface area contributed by atoms with Crippen LogP contribution >= 0.6 is 0 Å². The molecule has 1 aliphatic heterocycles. The Morgan fingerprint density at radius 1 is 1.26 bits per heavy atom. The molecule has 2 atom stereocenters. The second-order valence-corrected chi connectivity index (χ2v) is 7.82. The monoisotopic (exact) mass is 344 g/mol. The molecule has 2 rings (SSSR count). The number of sulfonamides is 1. The van der Waals surface area contributed by atoms with Gasteiger partial charge in [0, 0.05) is 20.1 Å². The van der Waals surface area contributed by atoms with Crippen molar-refractivity contribution >= 4 is 15.9 Å². The summed E-state index contributed by atoms with van der Waals surface area (Å²) in [5.74, 6) is -0.792. The zero-order valence-corrected chi connectivity index (χ0v) is 14.2. The third kappa shape index (κ3) is 4.27. The van der Waals surface area contributed by atoms with Crippen molar-refractivity contribution in [1.82, 2.24) is 9.21 Å². The van der Waals surface area contributed by atoms with Gasteiger partial charge in [0.1, 0.15) is 5.82 Å². The summed E-state index contributed by atoms with van der Waals surface area (Å²) >= 11 is 0. The summed E-state index contributed by atoms with van der Waals surface area (Å²) in [6, 6.07) is 4.52. The summed E-state index contributed by atoms with van der Waals surface area (Å²) in [4.78, 5) is 13.9. The lowest BCUT2D eigenvalue weighted by Gasteiger charge is -2.36. The first-order valence-electron chi connectivity index (χ1n) is 7.35. The molecule has 0 N–H and O–H groups in total. The number of ether oxygens (including phenoxy) is 1. The van der Waals surface area contributed by atoms with Crippen molar-refractivity contribution in [1.29, 1.82) is 0 Å². The van der Waals surface area contributed by atoms with E-state index >= 15 is 0 Å². The van der Waals surface area contributed by atoms with Gasteiger partial charge in [0.15, 0.2) is 0 Å². The van der Waals surface area contributed by atoms with Crippen molar-refractivity contribution in [3.8, 4) is 0 Å². The Morgan fingerprint density at radius 2 is 1.78 bits per heavy atom. The van der Waals surface area contributed by atoms with Crippen LogP contribution in [0, 0.1) is 5.82 Å². The molecule has 23 heavy (non-hydrogen) atoms. The predicted octanol–water partition coefficient (Wildman–Crippen LogP) is 1.08. The van der Waals surface area contributed by atoms with Gasteiger partial charge in [0.2, 0.25) is 15.9 Å². The minimum atomic E-state index is -3.83. The van der Waals surface area contributed by atoms with Crippen LogP contribution in [-0.4, -0.2) is 62.4 Å². The molecule has 1 aromatic rings. The molecule has 0 aromatic heterocycles. The number of hydrogen-bond acceptors (Lipinski definition) is 4. The molecule has 0 bridgehead atoms. The molecule has 8 heteroatoms. The number of morpholine rings is 1. The number of benzene rings is 1. The largest absolute Gasteiger partial charge is 0.372 e. The first kappa shape index (κ1) is 17.8. The second kappa shape index (κ2) is 6.94. The van der Waals surface area contributed by atoms with Gasteiger partial charge in [-0.2, -0.15) is 4.31 Å². The van der Waals surface area contributed by atoms with E-state index in [1.807, 2.05) is 13.8 Å². The van der Waals surface area contributed by atoms with Crippen LogP contribution in [0.1, 0.15) is 13.8 Å². The van der Waals surface area contributed by atoms with Gasteiger partial charge in [-0.05, 0) is 38.1 Å². The highest BCUT2D eigenvalue weighted by Gasteiger charge is 2.29. The maximum Gasteiger partial charge on any atom is 0.243 e. The summed E-state index contributed by atoms with van der Waals surface area (Å²) in [6.07, 6.45) is -0.163. The number of nitrogens with zero attached hydrogens (tertiary/aromatic N) is 2. The SMILES string of the molecule is CC1CN(C(=O)CN(C)S(=O)(=O)c2ccc(F)cc2)CC(C)O1. The number of halogens is 1. The van der Waals surface area contributed by atoms with E-state index < -0.39 is 15.8 Å². The number of likely N-dealkylation sites (N-methyl/N-ethyl adjacent to an activating group) is 1. The van der Waals surface area contributed by atoms with Crippen LogP contribution < -0.4 is 0 Å². The van der Waals surface area contributed by atoms with Gasteiger partial charge in [0.25, 0.3) is 0 Å². The molecule has 0 saturated carbocycles. The fourth-order valence-electron chi connectivity index (χ4n) is 2.54. The maximum atomic E-state index is 12.9. The number of rotatable bonds is 4. The van der Waals surface area contributed by atoms with Crippen LogP contribution in [0.2, 0.25) is 0 Å². The topological polar surface area (TPSA) is 66.9 Å². The lowest BCUT2D eigenvalue weighted by molar-refractivity contribution is -0.143. The zero-order chi connectivity index (χ0) is 17.2. The van der Waals surface area contributed by atoms with E-state index in [0.717, 1.165) is 16.4 Å². The van der Waals surface area contributed by atoms with Crippen LogP contribution in [0.4, 0.5) is 4.39 Å². The molecule has 128 valence electrons. The molecule has 1 aliphatic rings. The molecule has 1 aromatic carbocycles. The maximum absolute atomic E-state index is 12.9. The van der Waals surface area contributed by atoms with E-state index in [1.54, 1.807) is 4.90 Å². The number of carbonyl (C=O) groups excluding carboxylic acids is 1. The van der Waals surface area contributed by atoms with Crippen molar-refractivity contribution in [2.24, 2.45) is 0 Å². The molecule has 0 aliphatic carbocycles. The molecule has 6 nitrogen and oxygen atoms in total. The normalized spacial score (nSPS) is 22.4. The van der Waals surface area contributed by atoms with Crippen LogP contribution in [0.15, 0.2) is 29.2 Å². The van der Waals surface area contributed by atoms with E-state index in [1.165, 1.54) is 19.2 Å². The molecule has 1 saturated heterocycles. The summed E-state index contributed by atoms with van der Waals surface area (Å²) in [5, 5.41) is 0. The van der Waals surface area contributed by atoms with Crippen molar-refractivity contribution in [2.45, 2.75) is 31.0 Å². The molecule has 1 heterocycles. The van der Waals surface area contributed by atoms with Crippen molar-refractivity contribution < 1.29 is 22.3 Å². The van der Waals surface area contributed by atoms with Crippen LogP contribution in [0.3, 0.4) is 0 Å². The minimum Gasteiger partial charge on any atom is -0.372 e. The lowest BCUT2D eigenvalue weighted by Crippen LogP contribution is -2.51. The first-order chi connectivity index (χ1) is 10.7. The van der Waals surface area contributed by atoms with Gasteiger partial charge < -0.3 is 9.64 Å². The van der Waals surface area contributed by atoms with E-state index in [9.17, 15) is 17.6 Å². The average Bonchev–Trinajstić information content (AvgIpc) is 2.46. The molecular formula is C15H21FN2O4S. The Hall–Kier alpha value is -1.51. The minimum absolute atomic E-state index is 0.0436. The molecule has 0 spiro atoms. The third-order valence-electron chi connectivity index (χ3n) is 3.65. The Morgan fingerprint density at radius 3 is 2.30 bits per heavy atom. The summed E-state index contributed by atoms with van der Waals surface area (Å²) in [5.41, 5.74) is 0. The highest BCUT2D eigenvalue weighted by atomic mass is 32.2.